The van der Waals surface area contributed by atoms with E-state index >= 15 is 13.2 Å². The van der Waals surface area contributed by atoms with Gasteiger partial charge < -0.3 is 25.6 Å². The molecule has 10 rings (SSSR count). The lowest BCUT2D eigenvalue weighted by molar-refractivity contribution is -0.186. The Morgan fingerprint density at radius 1 is 0.971 bits per heavy atom. The molecule has 5 aliphatic rings. The fourth-order valence-corrected chi connectivity index (χ4v) is 10.2. The lowest BCUT2D eigenvalue weighted by Crippen LogP contribution is -2.59. The minimum absolute atomic E-state index is 0.0877. The summed E-state index contributed by atoms with van der Waals surface area (Å²) in [6, 6.07) is 11.2. The summed E-state index contributed by atoms with van der Waals surface area (Å²) in [6.45, 7) is 2.56. The second-order valence-electron chi connectivity index (χ2n) is 18.2. The van der Waals surface area contributed by atoms with E-state index in [1.807, 2.05) is 23.1 Å². The number of rotatable bonds is 9. The second-order valence-corrected chi connectivity index (χ2v) is 18.6. The lowest BCUT2D eigenvalue weighted by atomic mass is 9.68. The standard InChI is InChI=1S/C43H43ClF3N11O4.C5H10O/c1-24-29(44)17-26(18-33(24)57-12-7-36(59)52-41(57)62)40(61)55-14-9-42(10-15-55)8-13-54(23-43(42,46)47)22-25-16-30(45)37(50-20-25)28-4-3-5-32-27(28)6-11-56(32)35-19-31(49-2)39-51-21-34(38(48)60)58(39)53-35;1-6-5-3-2-4-5/h3-5,16-21,49H,6-15,22-23H2,1-2H3,(H2,48,60)(H,52,59,62);5H,2-4H2,1H3. The van der Waals surface area contributed by atoms with Crippen LogP contribution in [0.15, 0.2) is 54.9 Å². The van der Waals surface area contributed by atoms with E-state index in [1.54, 1.807) is 43.0 Å². The number of amides is 5. The summed E-state index contributed by atoms with van der Waals surface area (Å²) >= 11 is 6.50. The van der Waals surface area contributed by atoms with E-state index in [0.717, 1.165) is 11.3 Å². The molecule has 5 aromatic rings. The van der Waals surface area contributed by atoms with Gasteiger partial charge in [-0.1, -0.05) is 23.7 Å². The van der Waals surface area contributed by atoms with Crippen LogP contribution in [0, 0.1) is 18.2 Å². The SMILES string of the molecule is CNc1cc(N2CCc3c(-c4ncc(CN5CCC6(CCN(C(=O)c7cc(Cl)c(C)c(N8CCC(=O)NC8=O)c7)CC6)C(F)(F)C5)cc4F)cccc32)nn2c(C(N)=O)cnc12.COC1CCC1. The van der Waals surface area contributed by atoms with Crippen molar-refractivity contribution in [2.24, 2.45) is 11.1 Å². The number of anilines is 4. The van der Waals surface area contributed by atoms with Crippen LogP contribution < -0.4 is 26.2 Å². The van der Waals surface area contributed by atoms with E-state index in [4.69, 9.17) is 22.1 Å². The normalized spacial score (nSPS) is 19.1. The highest BCUT2D eigenvalue weighted by atomic mass is 35.5. The number of likely N-dealkylation sites (tertiary alicyclic amines) is 2. The molecule has 358 valence electrons. The number of primary amides is 1. The number of alkyl halides is 2. The van der Waals surface area contributed by atoms with Crippen molar-refractivity contribution in [1.82, 2.24) is 34.7 Å². The number of nitrogens with two attached hydrogens (primary N) is 1. The van der Waals surface area contributed by atoms with Crippen LogP contribution in [0.5, 0.6) is 0 Å². The molecule has 0 bridgehead atoms. The topological polar surface area (TPSA) is 184 Å². The second kappa shape index (κ2) is 18.6. The number of piperidine rings is 2. The molecule has 20 heteroatoms. The zero-order valence-electron chi connectivity index (χ0n) is 38.1. The molecule has 0 unspecified atom stereocenters. The summed E-state index contributed by atoms with van der Waals surface area (Å²) in [7, 11) is 3.52. The molecule has 1 spiro atoms. The number of methoxy groups -OCH3 is 1. The third-order valence-corrected chi connectivity index (χ3v) is 14.6. The van der Waals surface area contributed by atoms with Crippen LogP contribution in [0.3, 0.4) is 0 Å². The summed E-state index contributed by atoms with van der Waals surface area (Å²) in [5, 5.41) is 10.3. The van der Waals surface area contributed by atoms with Gasteiger partial charge in [0.1, 0.15) is 17.2 Å². The number of aromatic nitrogens is 4. The minimum atomic E-state index is -3.07. The molecular formula is C48H53ClF3N11O5. The number of halogens is 4. The van der Waals surface area contributed by atoms with E-state index in [9.17, 15) is 19.2 Å². The first kappa shape index (κ1) is 46.8. The van der Waals surface area contributed by atoms with E-state index in [1.165, 1.54) is 53.2 Å². The molecule has 5 amide bonds. The average molecular weight is 956 g/mol. The maximum atomic E-state index is 16.2. The molecule has 1 aliphatic carbocycles. The van der Waals surface area contributed by atoms with Crippen molar-refractivity contribution in [3.8, 4) is 11.3 Å². The van der Waals surface area contributed by atoms with Gasteiger partial charge in [-0.05, 0) is 99.4 Å². The predicted octanol–water partition coefficient (Wildman–Crippen LogP) is 7.12. The highest BCUT2D eigenvalue weighted by molar-refractivity contribution is 6.32. The van der Waals surface area contributed by atoms with E-state index in [2.05, 4.69) is 25.7 Å². The van der Waals surface area contributed by atoms with Crippen molar-refractivity contribution in [1.29, 1.82) is 0 Å². The number of ether oxygens (including phenoxy) is 1. The number of fused-ring (bicyclic) bond motifs is 2. The molecule has 68 heavy (non-hydrogen) atoms. The molecule has 3 saturated heterocycles. The maximum absolute atomic E-state index is 16.2. The average Bonchev–Trinajstić information content (AvgIpc) is 3.94. The quantitative estimate of drug-likeness (QED) is 0.137. The molecule has 2 aromatic carbocycles. The van der Waals surface area contributed by atoms with Crippen LogP contribution in [0.4, 0.5) is 40.8 Å². The molecule has 16 nitrogen and oxygen atoms in total. The monoisotopic (exact) mass is 955 g/mol. The van der Waals surface area contributed by atoms with Crippen molar-refractivity contribution in [3.63, 3.8) is 0 Å². The first-order chi connectivity index (χ1) is 32.6. The van der Waals surface area contributed by atoms with Crippen LogP contribution in [0.1, 0.15) is 82.5 Å². The number of carbonyl (C=O) groups excluding carboxylic acids is 4. The van der Waals surface area contributed by atoms with Crippen LogP contribution in [0.2, 0.25) is 5.02 Å². The number of nitrogens with zero attached hydrogens (tertiary/aromatic N) is 8. The van der Waals surface area contributed by atoms with Crippen molar-refractivity contribution in [2.75, 3.05) is 68.5 Å². The smallest absolute Gasteiger partial charge is 0.328 e. The van der Waals surface area contributed by atoms with Gasteiger partial charge in [-0.2, -0.15) is 0 Å². The maximum Gasteiger partial charge on any atom is 0.328 e. The summed E-state index contributed by atoms with van der Waals surface area (Å²) in [6.07, 6.45) is 8.55. The molecule has 3 aromatic heterocycles. The summed E-state index contributed by atoms with van der Waals surface area (Å²) in [5.41, 5.74) is 9.61. The number of carbonyl (C=O) groups is 4. The van der Waals surface area contributed by atoms with Crippen molar-refractivity contribution < 1.29 is 37.1 Å². The van der Waals surface area contributed by atoms with Gasteiger partial charge in [0.2, 0.25) is 5.91 Å². The number of hydrogen-bond acceptors (Lipinski definition) is 11. The highest BCUT2D eigenvalue weighted by Gasteiger charge is 2.57. The Hall–Kier alpha value is -6.31. The fourth-order valence-electron chi connectivity index (χ4n) is 9.98. The van der Waals surface area contributed by atoms with Crippen LogP contribution >= 0.6 is 11.6 Å². The minimum Gasteiger partial charge on any atom is -0.385 e. The number of hydrogen-bond donors (Lipinski definition) is 3. The lowest BCUT2D eigenvalue weighted by Gasteiger charge is -2.51. The Balaban J connectivity index is 0.000000894. The van der Waals surface area contributed by atoms with E-state index < -0.39 is 35.6 Å². The third kappa shape index (κ3) is 8.70. The van der Waals surface area contributed by atoms with Crippen molar-refractivity contribution >= 4 is 63.9 Å². The molecule has 4 fully saturated rings. The van der Waals surface area contributed by atoms with Gasteiger partial charge >= 0.3 is 6.03 Å². The van der Waals surface area contributed by atoms with Crippen molar-refractivity contribution in [3.05, 3.63) is 93.6 Å². The van der Waals surface area contributed by atoms with E-state index in [-0.39, 0.29) is 85.7 Å². The molecule has 7 heterocycles. The molecule has 0 atom stereocenters. The van der Waals surface area contributed by atoms with E-state index in [0.29, 0.717) is 65.1 Å². The molecule has 1 saturated carbocycles. The fraction of sp³-hybridized carbons (Fsp3) is 0.438. The van der Waals surface area contributed by atoms with Gasteiger partial charge in [0.15, 0.2) is 11.5 Å². The first-order valence-corrected chi connectivity index (χ1v) is 23.2. The van der Waals surface area contributed by atoms with Crippen LogP contribution in [-0.2, 0) is 22.5 Å². The number of imide groups is 1. The number of imidazole rings is 1. The Morgan fingerprint density at radius 3 is 2.37 bits per heavy atom. The first-order valence-electron chi connectivity index (χ1n) is 22.8. The Kier molecular flexibility index (Phi) is 12.8. The van der Waals surface area contributed by atoms with Gasteiger partial charge in [0.25, 0.3) is 17.7 Å². The van der Waals surface area contributed by atoms with Gasteiger partial charge in [0.05, 0.1) is 30.2 Å². The Labute approximate surface area is 395 Å². The molecule has 4 N–H and O–H groups in total. The summed E-state index contributed by atoms with van der Waals surface area (Å²) in [5.74, 6) is -4.53. The highest BCUT2D eigenvalue weighted by Crippen LogP contribution is 2.51. The van der Waals surface area contributed by atoms with Gasteiger partial charge in [-0.15, -0.1) is 5.10 Å². The number of benzene rings is 2. The third-order valence-electron chi connectivity index (χ3n) is 14.2. The largest absolute Gasteiger partial charge is 0.385 e. The zero-order chi connectivity index (χ0) is 48.1. The summed E-state index contributed by atoms with van der Waals surface area (Å²) in [4.78, 5) is 65.4. The Morgan fingerprint density at radius 2 is 1.72 bits per heavy atom. The number of urea groups is 1. The van der Waals surface area contributed by atoms with Gasteiger partial charge in [-0.3, -0.25) is 34.5 Å². The number of pyridine rings is 1. The van der Waals surface area contributed by atoms with Crippen LogP contribution in [0.25, 0.3) is 16.9 Å². The van der Waals surface area contributed by atoms with Crippen LogP contribution in [-0.4, -0.2) is 119 Å². The number of nitrogens with one attached hydrogen (secondary N) is 2. The van der Waals surface area contributed by atoms with Gasteiger partial charge in [-0.25, -0.2) is 27.5 Å². The molecule has 0 radical (unpaired) electrons. The molecule has 4 aliphatic heterocycles. The van der Waals surface area contributed by atoms with Crippen molar-refractivity contribution in [2.45, 2.75) is 76.9 Å². The van der Waals surface area contributed by atoms with Gasteiger partial charge in [0, 0.05) is 92.8 Å². The Bertz CT molecular complexity index is 2810. The summed E-state index contributed by atoms with van der Waals surface area (Å²) < 4.78 is 54.8. The molecular weight excluding hydrogens is 903 g/mol. The zero-order valence-corrected chi connectivity index (χ0v) is 38.8. The predicted molar refractivity (Wildman–Crippen MR) is 250 cm³/mol.